The summed E-state index contributed by atoms with van der Waals surface area (Å²) in [7, 11) is -1.90. The third-order valence-electron chi connectivity index (χ3n) is 16.1. The number of piperidine rings is 1. The molecule has 7 atom stereocenters. The van der Waals surface area contributed by atoms with Gasteiger partial charge in [0, 0.05) is 30.8 Å². The molecule has 4 heterocycles. The van der Waals surface area contributed by atoms with Crippen molar-refractivity contribution in [2.24, 2.45) is 17.3 Å². The quantitative estimate of drug-likeness (QED) is 0.248. The predicted octanol–water partition coefficient (Wildman–Crippen LogP) is 6.08. The van der Waals surface area contributed by atoms with Crippen molar-refractivity contribution in [1.29, 1.82) is 0 Å². The van der Waals surface area contributed by atoms with Crippen LogP contribution in [0.5, 0.6) is 11.6 Å². The summed E-state index contributed by atoms with van der Waals surface area (Å²) in [5.74, 6) is -0.963. The topological polar surface area (TPSA) is 186 Å². The second kappa shape index (κ2) is 18.0. The first kappa shape index (κ1) is 45.7. The van der Waals surface area contributed by atoms with E-state index in [1.165, 1.54) is 4.90 Å². The number of benzene rings is 1. The molecular weight excluding hydrogens is 849 g/mol. The van der Waals surface area contributed by atoms with Crippen LogP contribution in [0.3, 0.4) is 0 Å². The Balaban J connectivity index is 1.09. The predicted molar refractivity (Wildman–Crippen MR) is 245 cm³/mol. The van der Waals surface area contributed by atoms with E-state index < -0.39 is 73.6 Å². The molecule has 9 rings (SSSR count). The van der Waals surface area contributed by atoms with Gasteiger partial charge in [0.2, 0.25) is 27.7 Å². The van der Waals surface area contributed by atoms with Gasteiger partial charge < -0.3 is 34.6 Å². The Morgan fingerprint density at radius 3 is 2.38 bits per heavy atom. The first-order valence-electron chi connectivity index (χ1n) is 24.3. The number of carbonyl (C=O) groups excluding carboxylic acids is 4. The second-order valence-corrected chi connectivity index (χ2v) is 23.1. The minimum Gasteiger partial charge on any atom is -0.489 e. The lowest BCUT2D eigenvalue weighted by molar-refractivity contribution is -0.146. The van der Waals surface area contributed by atoms with Crippen LogP contribution in [-0.2, 0) is 35.6 Å². The van der Waals surface area contributed by atoms with Crippen molar-refractivity contribution in [3.63, 3.8) is 0 Å². The Morgan fingerprint density at radius 2 is 1.68 bits per heavy atom. The van der Waals surface area contributed by atoms with Crippen LogP contribution in [0.1, 0.15) is 129 Å². The van der Waals surface area contributed by atoms with E-state index >= 15 is 9.59 Å². The highest BCUT2D eigenvalue weighted by Gasteiger charge is 2.58. The van der Waals surface area contributed by atoms with Crippen molar-refractivity contribution >= 4 is 44.7 Å². The molecule has 65 heavy (non-hydrogen) atoms. The SMILES string of the molecule is C=C[C@@H]1CC[C@]1(NC(=O)[C@@H]1C[C@@H]2CN1C(=O)[C@H](C1(C)CCCCC1)NC(=O)O[C@@H]1C[C@H]1CCCCCc1c(nc3ccccc3c1OC1CCN(C)CC1)O2)C(=O)NS(=O)(=O)C1(C)CC1. The van der Waals surface area contributed by atoms with Gasteiger partial charge in [0.25, 0.3) is 5.91 Å². The molecular formula is C49H68N6O9S. The summed E-state index contributed by atoms with van der Waals surface area (Å²) < 4.78 is 47.9. The van der Waals surface area contributed by atoms with Crippen molar-refractivity contribution in [2.45, 2.75) is 170 Å². The molecule has 0 spiro atoms. The summed E-state index contributed by atoms with van der Waals surface area (Å²) in [6.07, 6.45) is 12.7. The normalized spacial score (nSPS) is 31.8. The summed E-state index contributed by atoms with van der Waals surface area (Å²) in [5.41, 5.74) is -0.636. The number of amides is 4. The van der Waals surface area contributed by atoms with Gasteiger partial charge in [-0.2, -0.15) is 0 Å². The van der Waals surface area contributed by atoms with Crippen molar-refractivity contribution < 1.29 is 41.8 Å². The molecule has 0 radical (unpaired) electrons. The molecule has 3 aliphatic heterocycles. The van der Waals surface area contributed by atoms with Gasteiger partial charge in [0.15, 0.2) is 0 Å². The van der Waals surface area contributed by atoms with Gasteiger partial charge in [0.05, 0.1) is 22.4 Å². The van der Waals surface area contributed by atoms with Crippen LogP contribution in [0.2, 0.25) is 0 Å². The molecule has 2 saturated heterocycles. The second-order valence-electron chi connectivity index (χ2n) is 20.9. The van der Waals surface area contributed by atoms with E-state index in [0.717, 1.165) is 94.0 Å². The summed E-state index contributed by atoms with van der Waals surface area (Å²) in [5, 5.41) is 6.91. The molecule has 4 amide bonds. The highest BCUT2D eigenvalue weighted by atomic mass is 32.2. The molecule has 3 N–H and O–H groups in total. The highest BCUT2D eigenvalue weighted by molar-refractivity contribution is 7.91. The van der Waals surface area contributed by atoms with Crippen LogP contribution in [0.4, 0.5) is 4.79 Å². The van der Waals surface area contributed by atoms with Gasteiger partial charge in [-0.1, -0.05) is 57.2 Å². The Kier molecular flexibility index (Phi) is 12.6. The Hall–Kier alpha value is -4.44. The third kappa shape index (κ3) is 9.19. The number of nitrogens with zero attached hydrogens (tertiary/aromatic N) is 3. The number of pyridine rings is 1. The Morgan fingerprint density at radius 1 is 0.938 bits per heavy atom. The average Bonchev–Trinajstić information content (AvgIpc) is 4.17. The summed E-state index contributed by atoms with van der Waals surface area (Å²) in [6, 6.07) is 5.78. The number of alkyl carbamates (subject to hydrolysis) is 1. The first-order chi connectivity index (χ1) is 31.1. The number of carbonyl (C=O) groups is 4. The van der Waals surface area contributed by atoms with Crippen LogP contribution in [-0.4, -0.2) is 114 Å². The summed E-state index contributed by atoms with van der Waals surface area (Å²) in [4.78, 5) is 67.2. The molecule has 4 saturated carbocycles. The monoisotopic (exact) mass is 916 g/mol. The maximum atomic E-state index is 15.4. The molecule has 16 heteroatoms. The largest absolute Gasteiger partial charge is 0.489 e. The lowest BCUT2D eigenvalue weighted by Crippen LogP contribution is -2.70. The van der Waals surface area contributed by atoms with Crippen molar-refractivity contribution in [1.82, 2.24) is 30.1 Å². The van der Waals surface area contributed by atoms with Gasteiger partial charge >= 0.3 is 6.09 Å². The Bertz CT molecular complexity index is 2290. The molecule has 2 bridgehead atoms. The van der Waals surface area contributed by atoms with Crippen molar-refractivity contribution in [3.8, 4) is 11.6 Å². The fourth-order valence-electron chi connectivity index (χ4n) is 11.1. The van der Waals surface area contributed by atoms with Gasteiger partial charge in [0.1, 0.15) is 41.7 Å². The summed E-state index contributed by atoms with van der Waals surface area (Å²) in [6.45, 7) is 9.42. The van der Waals surface area contributed by atoms with Crippen LogP contribution >= 0.6 is 0 Å². The van der Waals surface area contributed by atoms with Gasteiger partial charge in [-0.05, 0) is 114 Å². The number of sulfonamides is 1. The zero-order valence-electron chi connectivity index (χ0n) is 38.4. The van der Waals surface area contributed by atoms with E-state index in [4.69, 9.17) is 19.2 Å². The van der Waals surface area contributed by atoms with Crippen LogP contribution < -0.4 is 24.8 Å². The number of hydrogen-bond acceptors (Lipinski definition) is 11. The number of ether oxygens (including phenoxy) is 3. The molecule has 6 fully saturated rings. The molecule has 15 nitrogen and oxygen atoms in total. The van der Waals surface area contributed by atoms with Crippen LogP contribution in [0, 0.1) is 17.3 Å². The average molecular weight is 917 g/mol. The van der Waals surface area contributed by atoms with E-state index in [2.05, 4.69) is 33.9 Å². The van der Waals surface area contributed by atoms with Gasteiger partial charge in [-0.3, -0.25) is 19.1 Å². The fourth-order valence-corrected chi connectivity index (χ4v) is 12.5. The molecule has 0 unspecified atom stereocenters. The number of fused-ring (bicyclic) bond motifs is 5. The molecule has 2 aromatic rings. The fraction of sp³-hybridized carbons (Fsp3) is 0.694. The molecule has 1 aromatic heterocycles. The van der Waals surface area contributed by atoms with E-state index in [1.54, 1.807) is 13.0 Å². The maximum absolute atomic E-state index is 15.4. The van der Waals surface area contributed by atoms with Gasteiger partial charge in [-0.15, -0.1) is 6.58 Å². The molecule has 1 aromatic carbocycles. The standard InChI is InChI=1S/C49H68N6O9S/c1-5-32-18-23-49(32,45(58)53-65(60,61)48(3)24-25-48)52-42(56)38-29-34-30-55(38)44(57)41(47(2)21-12-7-13-22-47)51-46(59)64-39-28-31(39)14-8-6-9-16-36-40(62-33-19-26-54(4)27-20-33)35-15-10-11-17-37(35)50-43(36)63-34/h5,10-11,15,17,31-34,38-39,41H,1,6-9,12-14,16,18-30H2,2-4H3,(H,51,59)(H,52,56)(H,53,58)/t31-,32-,34-,38+,39-,41-,49-/m1/s1. The maximum Gasteiger partial charge on any atom is 0.408 e. The minimum absolute atomic E-state index is 0.000834. The Labute approximate surface area is 383 Å². The highest BCUT2D eigenvalue weighted by Crippen LogP contribution is 2.46. The van der Waals surface area contributed by atoms with E-state index in [0.29, 0.717) is 49.9 Å². The molecule has 4 aliphatic carbocycles. The number of para-hydroxylation sites is 1. The number of hydrogen-bond donors (Lipinski definition) is 3. The van der Waals surface area contributed by atoms with E-state index in [9.17, 15) is 18.0 Å². The minimum atomic E-state index is -4.03. The summed E-state index contributed by atoms with van der Waals surface area (Å²) >= 11 is 0. The zero-order valence-corrected chi connectivity index (χ0v) is 39.2. The lowest BCUT2D eigenvalue weighted by atomic mass is 9.66. The van der Waals surface area contributed by atoms with E-state index in [-0.39, 0.29) is 37.5 Å². The first-order valence-corrected chi connectivity index (χ1v) is 25.8. The molecule has 354 valence electrons. The number of aromatic nitrogens is 1. The van der Waals surface area contributed by atoms with Crippen molar-refractivity contribution in [3.05, 3.63) is 42.5 Å². The van der Waals surface area contributed by atoms with E-state index in [1.807, 2.05) is 31.2 Å². The van der Waals surface area contributed by atoms with Crippen molar-refractivity contribution in [2.75, 3.05) is 26.7 Å². The smallest absolute Gasteiger partial charge is 0.408 e. The van der Waals surface area contributed by atoms with Crippen LogP contribution in [0.15, 0.2) is 36.9 Å². The van der Waals surface area contributed by atoms with Gasteiger partial charge in [-0.25, -0.2) is 18.2 Å². The van der Waals surface area contributed by atoms with Crippen LogP contribution in [0.25, 0.3) is 10.9 Å². The zero-order chi connectivity index (χ0) is 45.7. The molecule has 7 aliphatic rings. The number of rotatable bonds is 9. The lowest BCUT2D eigenvalue weighted by Gasteiger charge is -2.48. The number of likely N-dealkylation sites (tertiary alicyclic amines) is 1. The third-order valence-corrected chi connectivity index (χ3v) is 18.3. The number of nitrogens with one attached hydrogen (secondary N) is 3.